The quantitative estimate of drug-likeness (QED) is 0.716. The lowest BCUT2D eigenvalue weighted by molar-refractivity contribution is 0.145. The first-order valence-corrected chi connectivity index (χ1v) is 8.67. The van der Waals surface area contributed by atoms with Crippen LogP contribution in [0.25, 0.3) is 0 Å². The highest BCUT2D eigenvalue weighted by molar-refractivity contribution is 6.73. The Morgan fingerprint density at radius 2 is 2.07 bits per heavy atom. The van der Waals surface area contributed by atoms with Crippen LogP contribution in [0.1, 0.15) is 39.5 Å². The molecule has 1 heterocycles. The van der Waals surface area contributed by atoms with Crippen LogP contribution in [0.4, 0.5) is 0 Å². The minimum absolute atomic E-state index is 0.541. The minimum Gasteiger partial charge on any atom is -0.414 e. The topological polar surface area (TPSA) is 35.2 Å². The maximum Gasteiger partial charge on any atom is 0.192 e. The van der Waals surface area contributed by atoms with Crippen LogP contribution in [-0.2, 0) is 4.43 Å². The van der Waals surface area contributed by atoms with Crippen molar-refractivity contribution in [2.45, 2.75) is 63.8 Å². The van der Waals surface area contributed by atoms with Crippen molar-refractivity contribution < 1.29 is 4.43 Å². The van der Waals surface area contributed by atoms with Gasteiger partial charge in [-0.1, -0.05) is 20.3 Å². The van der Waals surface area contributed by atoms with Crippen LogP contribution >= 0.6 is 0 Å². The standard InChI is InChI=1S/C11H25NOSi/c1-3-14(4-2)10-6-8-11(13-14)7-5-9-12/h11H,3-10,12H2,1-2H3. The Bertz CT molecular complexity index is 159. The normalized spacial score (nSPS) is 26.4. The Kier molecular flexibility index (Phi) is 5.13. The summed E-state index contributed by atoms with van der Waals surface area (Å²) in [6.45, 7) is 5.43. The summed E-state index contributed by atoms with van der Waals surface area (Å²) >= 11 is 0. The predicted molar refractivity (Wildman–Crippen MR) is 63.9 cm³/mol. The molecule has 1 unspecified atom stereocenters. The average molecular weight is 215 g/mol. The molecule has 0 aliphatic carbocycles. The van der Waals surface area contributed by atoms with Gasteiger partial charge in [-0.15, -0.1) is 0 Å². The Hall–Kier alpha value is 0.137. The first kappa shape index (κ1) is 12.2. The molecule has 1 aliphatic rings. The zero-order chi connectivity index (χ0) is 10.4. The fourth-order valence-electron chi connectivity index (χ4n) is 2.44. The summed E-state index contributed by atoms with van der Waals surface area (Å²) < 4.78 is 6.36. The van der Waals surface area contributed by atoms with E-state index in [0.29, 0.717) is 6.10 Å². The molecule has 2 N–H and O–H groups in total. The molecule has 0 bridgehead atoms. The van der Waals surface area contributed by atoms with Gasteiger partial charge < -0.3 is 10.2 Å². The molecule has 1 aliphatic heterocycles. The fraction of sp³-hybridized carbons (Fsp3) is 1.00. The van der Waals surface area contributed by atoms with E-state index >= 15 is 0 Å². The van der Waals surface area contributed by atoms with E-state index in [2.05, 4.69) is 13.8 Å². The summed E-state index contributed by atoms with van der Waals surface area (Å²) in [4.78, 5) is 0. The molecule has 0 radical (unpaired) electrons. The van der Waals surface area contributed by atoms with Gasteiger partial charge in [0.05, 0.1) is 0 Å². The third kappa shape index (κ3) is 3.07. The smallest absolute Gasteiger partial charge is 0.192 e. The van der Waals surface area contributed by atoms with E-state index in [0.717, 1.165) is 13.0 Å². The van der Waals surface area contributed by atoms with Gasteiger partial charge in [0.2, 0.25) is 0 Å². The Morgan fingerprint density at radius 1 is 1.36 bits per heavy atom. The van der Waals surface area contributed by atoms with Crippen LogP contribution in [-0.4, -0.2) is 21.0 Å². The maximum absolute atomic E-state index is 6.36. The van der Waals surface area contributed by atoms with Crippen LogP contribution < -0.4 is 5.73 Å². The molecule has 0 aromatic heterocycles. The second-order valence-electron chi connectivity index (χ2n) is 4.45. The molecular weight excluding hydrogens is 190 g/mol. The van der Waals surface area contributed by atoms with Crippen molar-refractivity contribution in [1.82, 2.24) is 0 Å². The minimum atomic E-state index is -1.28. The first-order valence-electron chi connectivity index (χ1n) is 6.14. The summed E-state index contributed by atoms with van der Waals surface area (Å²) in [5.41, 5.74) is 5.53. The van der Waals surface area contributed by atoms with Gasteiger partial charge in [0.25, 0.3) is 0 Å². The van der Waals surface area contributed by atoms with Crippen LogP contribution in [0, 0.1) is 0 Å². The SMILES string of the molecule is CC[Si]1(CC)CCCC(CCCN)O1. The van der Waals surface area contributed by atoms with E-state index in [1.165, 1.54) is 37.4 Å². The van der Waals surface area contributed by atoms with Crippen LogP contribution in [0.3, 0.4) is 0 Å². The van der Waals surface area contributed by atoms with Crippen molar-refractivity contribution in [3.05, 3.63) is 0 Å². The summed E-state index contributed by atoms with van der Waals surface area (Å²) in [5, 5.41) is 0. The average Bonchev–Trinajstić information content (AvgIpc) is 2.26. The van der Waals surface area contributed by atoms with Gasteiger partial charge >= 0.3 is 0 Å². The van der Waals surface area contributed by atoms with E-state index in [1.807, 2.05) is 0 Å². The highest BCUT2D eigenvalue weighted by Crippen LogP contribution is 2.33. The van der Waals surface area contributed by atoms with Gasteiger partial charge in [0.1, 0.15) is 0 Å². The molecule has 1 rings (SSSR count). The molecule has 0 aromatic rings. The summed E-state index contributed by atoms with van der Waals surface area (Å²) in [5.74, 6) is 0. The second-order valence-corrected chi connectivity index (χ2v) is 8.97. The number of rotatable bonds is 5. The van der Waals surface area contributed by atoms with Crippen molar-refractivity contribution in [2.75, 3.05) is 6.54 Å². The largest absolute Gasteiger partial charge is 0.414 e. The molecule has 1 fully saturated rings. The lowest BCUT2D eigenvalue weighted by Crippen LogP contribution is -2.44. The zero-order valence-corrected chi connectivity index (χ0v) is 10.7. The van der Waals surface area contributed by atoms with Crippen molar-refractivity contribution in [2.24, 2.45) is 5.73 Å². The Balaban J connectivity index is 2.41. The third-order valence-corrected chi connectivity index (χ3v) is 8.27. The maximum atomic E-state index is 6.36. The highest BCUT2D eigenvalue weighted by Gasteiger charge is 2.36. The summed E-state index contributed by atoms with van der Waals surface area (Å²) in [6, 6.07) is 3.98. The molecule has 1 atom stereocenters. The lowest BCUT2D eigenvalue weighted by Gasteiger charge is -2.38. The van der Waals surface area contributed by atoms with Crippen molar-refractivity contribution >= 4 is 8.32 Å². The molecule has 0 amide bonds. The number of hydrogen-bond donors (Lipinski definition) is 1. The van der Waals surface area contributed by atoms with E-state index < -0.39 is 8.32 Å². The number of nitrogens with two attached hydrogens (primary N) is 1. The van der Waals surface area contributed by atoms with Gasteiger partial charge in [0.15, 0.2) is 8.32 Å². The van der Waals surface area contributed by atoms with Gasteiger partial charge in [-0.05, 0) is 43.9 Å². The molecule has 0 aromatic carbocycles. The van der Waals surface area contributed by atoms with E-state index in [-0.39, 0.29) is 0 Å². The Labute approximate surface area is 89.3 Å². The second kappa shape index (κ2) is 5.88. The van der Waals surface area contributed by atoms with Crippen molar-refractivity contribution in [3.63, 3.8) is 0 Å². The lowest BCUT2D eigenvalue weighted by atomic mass is 10.1. The fourth-order valence-corrected chi connectivity index (χ4v) is 5.89. The summed E-state index contributed by atoms with van der Waals surface area (Å²) in [7, 11) is -1.28. The van der Waals surface area contributed by atoms with Gasteiger partial charge in [-0.2, -0.15) is 0 Å². The molecule has 0 saturated carbocycles. The molecule has 1 saturated heterocycles. The number of hydrogen-bond acceptors (Lipinski definition) is 2. The Morgan fingerprint density at radius 3 is 2.64 bits per heavy atom. The van der Waals surface area contributed by atoms with Crippen molar-refractivity contribution in [3.8, 4) is 0 Å². The molecule has 14 heavy (non-hydrogen) atoms. The van der Waals surface area contributed by atoms with Gasteiger partial charge in [-0.3, -0.25) is 0 Å². The first-order chi connectivity index (χ1) is 6.76. The van der Waals surface area contributed by atoms with Crippen LogP contribution in [0.2, 0.25) is 18.1 Å². The molecular formula is C11H25NOSi. The van der Waals surface area contributed by atoms with E-state index in [9.17, 15) is 0 Å². The van der Waals surface area contributed by atoms with Crippen molar-refractivity contribution in [1.29, 1.82) is 0 Å². The molecule has 84 valence electrons. The highest BCUT2D eigenvalue weighted by atomic mass is 28.4. The van der Waals surface area contributed by atoms with Crippen LogP contribution in [0.15, 0.2) is 0 Å². The predicted octanol–water partition coefficient (Wildman–Crippen LogP) is 2.89. The van der Waals surface area contributed by atoms with Gasteiger partial charge in [0, 0.05) is 6.10 Å². The molecule has 3 heteroatoms. The molecule has 2 nitrogen and oxygen atoms in total. The monoisotopic (exact) mass is 215 g/mol. The summed E-state index contributed by atoms with van der Waals surface area (Å²) in [6.07, 6.45) is 5.52. The zero-order valence-electron chi connectivity index (χ0n) is 9.72. The van der Waals surface area contributed by atoms with Crippen LogP contribution in [0.5, 0.6) is 0 Å². The van der Waals surface area contributed by atoms with E-state index in [1.54, 1.807) is 0 Å². The van der Waals surface area contributed by atoms with E-state index in [4.69, 9.17) is 10.2 Å². The molecule has 0 spiro atoms. The van der Waals surface area contributed by atoms with Gasteiger partial charge in [-0.25, -0.2) is 0 Å². The third-order valence-electron chi connectivity index (χ3n) is 3.59.